The molecule has 0 aliphatic carbocycles. The average Bonchev–Trinajstić information content (AvgIpc) is 3.20. The van der Waals surface area contributed by atoms with E-state index in [9.17, 15) is 4.79 Å². The van der Waals surface area contributed by atoms with E-state index in [0.717, 1.165) is 5.56 Å². The summed E-state index contributed by atoms with van der Waals surface area (Å²) < 4.78 is 17.1. The highest BCUT2D eigenvalue weighted by molar-refractivity contribution is 7.80. The Balaban J connectivity index is 1.66. The van der Waals surface area contributed by atoms with E-state index in [2.05, 4.69) is 15.7 Å². The fourth-order valence-electron chi connectivity index (χ4n) is 2.84. The van der Waals surface area contributed by atoms with Crippen LogP contribution in [-0.4, -0.2) is 42.2 Å². The van der Waals surface area contributed by atoms with Gasteiger partial charge < -0.3 is 24.8 Å². The Morgan fingerprint density at radius 3 is 2.63 bits per heavy atom. The minimum atomic E-state index is -0.380. The van der Waals surface area contributed by atoms with E-state index in [1.807, 2.05) is 24.3 Å². The molecule has 156 valence electrons. The lowest BCUT2D eigenvalue weighted by Crippen LogP contribution is -2.19. The van der Waals surface area contributed by atoms with Crippen LogP contribution < -0.4 is 20.1 Å². The Labute approximate surface area is 179 Å². The van der Waals surface area contributed by atoms with Gasteiger partial charge in [-0.25, -0.2) is 4.79 Å². The maximum absolute atomic E-state index is 11.9. The van der Waals surface area contributed by atoms with Crippen LogP contribution in [0.15, 0.2) is 54.9 Å². The van der Waals surface area contributed by atoms with E-state index in [-0.39, 0.29) is 5.97 Å². The summed E-state index contributed by atoms with van der Waals surface area (Å²) in [4.78, 5) is 11.9. The van der Waals surface area contributed by atoms with Gasteiger partial charge >= 0.3 is 5.97 Å². The number of rotatable bonds is 7. The van der Waals surface area contributed by atoms with E-state index < -0.39 is 0 Å². The van der Waals surface area contributed by atoms with Gasteiger partial charge in [-0.15, -0.1) is 0 Å². The molecule has 2 N–H and O–H groups in total. The normalized spacial score (nSPS) is 10.2. The summed E-state index contributed by atoms with van der Waals surface area (Å²) in [7, 11) is 4.53. The van der Waals surface area contributed by atoms with E-state index in [1.165, 1.54) is 7.11 Å². The van der Waals surface area contributed by atoms with Gasteiger partial charge in [0.15, 0.2) is 5.11 Å². The fourth-order valence-corrected chi connectivity index (χ4v) is 3.07. The van der Waals surface area contributed by atoms with Crippen LogP contribution in [-0.2, 0) is 11.3 Å². The van der Waals surface area contributed by atoms with Crippen molar-refractivity contribution in [2.75, 3.05) is 32.0 Å². The molecule has 9 heteroatoms. The van der Waals surface area contributed by atoms with Gasteiger partial charge in [-0.05, 0) is 36.0 Å². The van der Waals surface area contributed by atoms with E-state index in [1.54, 1.807) is 49.5 Å². The lowest BCUT2D eigenvalue weighted by atomic mass is 10.1. The number of hydrogen-bond donors (Lipinski definition) is 2. The van der Waals surface area contributed by atoms with Gasteiger partial charge in [0.25, 0.3) is 0 Å². The molecule has 0 aliphatic heterocycles. The first-order valence-corrected chi connectivity index (χ1v) is 9.43. The Bertz CT molecular complexity index is 1050. The third-order valence-electron chi connectivity index (χ3n) is 4.30. The van der Waals surface area contributed by atoms with Gasteiger partial charge in [-0.3, -0.25) is 4.68 Å². The molecule has 0 spiro atoms. The molecule has 0 bridgehead atoms. The zero-order valence-electron chi connectivity index (χ0n) is 16.8. The number of nitrogens with zero attached hydrogens (tertiary/aromatic N) is 2. The summed E-state index contributed by atoms with van der Waals surface area (Å²) in [5.41, 5.74) is 2.72. The number of carbonyl (C=O) groups is 1. The van der Waals surface area contributed by atoms with Gasteiger partial charge in [-0.2, -0.15) is 5.10 Å². The monoisotopic (exact) mass is 426 g/mol. The van der Waals surface area contributed by atoms with Crippen molar-refractivity contribution in [2.24, 2.45) is 0 Å². The van der Waals surface area contributed by atoms with Crippen molar-refractivity contribution in [1.29, 1.82) is 0 Å². The smallest absolute Gasteiger partial charge is 0.338 e. The van der Waals surface area contributed by atoms with Gasteiger partial charge in [0.05, 0.1) is 51.0 Å². The predicted octanol–water partition coefficient (Wildman–Crippen LogP) is 3.54. The molecule has 3 aromatic rings. The highest BCUT2D eigenvalue weighted by atomic mass is 32.1. The summed E-state index contributed by atoms with van der Waals surface area (Å²) in [5, 5.41) is 10.9. The van der Waals surface area contributed by atoms with Crippen LogP contribution in [0.3, 0.4) is 0 Å². The minimum Gasteiger partial charge on any atom is -0.497 e. The van der Waals surface area contributed by atoms with Crippen molar-refractivity contribution in [2.45, 2.75) is 6.54 Å². The molecular formula is C21H22N4O4S. The maximum Gasteiger partial charge on any atom is 0.338 e. The maximum atomic E-state index is 11.9. The summed E-state index contributed by atoms with van der Waals surface area (Å²) in [5.74, 6) is 0.910. The average molecular weight is 426 g/mol. The standard InChI is InChI=1S/C21H22N4O4S/c1-27-16-8-9-18(19(10-16)28-2)24-21(30)23-15-11-22-25(13-15)12-14-6-4-5-7-17(14)20(26)29-3/h4-11,13H,12H2,1-3H3,(H2,23,24,30). The van der Waals surface area contributed by atoms with Crippen molar-refractivity contribution in [3.05, 3.63) is 66.0 Å². The predicted molar refractivity (Wildman–Crippen MR) is 118 cm³/mol. The number of anilines is 2. The molecule has 0 unspecified atom stereocenters. The summed E-state index contributed by atoms with van der Waals surface area (Å²) in [6.45, 7) is 0.416. The molecule has 3 rings (SSSR count). The number of benzene rings is 2. The number of ether oxygens (including phenoxy) is 3. The first-order chi connectivity index (χ1) is 14.5. The summed E-state index contributed by atoms with van der Waals surface area (Å²) >= 11 is 5.39. The second kappa shape index (κ2) is 9.75. The van der Waals surface area contributed by atoms with Gasteiger partial charge in [0.1, 0.15) is 11.5 Å². The first kappa shape index (κ1) is 21.1. The van der Waals surface area contributed by atoms with Gasteiger partial charge in [0, 0.05) is 12.3 Å². The van der Waals surface area contributed by atoms with Crippen LogP contribution in [0.25, 0.3) is 0 Å². The molecule has 2 aromatic carbocycles. The first-order valence-electron chi connectivity index (χ1n) is 9.02. The molecule has 8 nitrogen and oxygen atoms in total. The second-order valence-electron chi connectivity index (χ2n) is 6.22. The van der Waals surface area contributed by atoms with E-state index in [0.29, 0.717) is 40.1 Å². The van der Waals surface area contributed by atoms with E-state index >= 15 is 0 Å². The molecule has 30 heavy (non-hydrogen) atoms. The zero-order valence-corrected chi connectivity index (χ0v) is 17.7. The van der Waals surface area contributed by atoms with Crippen molar-refractivity contribution in [3.63, 3.8) is 0 Å². The Morgan fingerprint density at radius 1 is 1.10 bits per heavy atom. The molecule has 0 saturated carbocycles. The summed E-state index contributed by atoms with van der Waals surface area (Å²) in [6, 6.07) is 12.6. The molecule has 0 atom stereocenters. The van der Waals surface area contributed by atoms with Crippen LogP contribution in [0.1, 0.15) is 15.9 Å². The SMILES string of the molecule is COC(=O)c1ccccc1Cn1cc(NC(=S)Nc2ccc(OC)cc2OC)cn1. The number of carbonyl (C=O) groups excluding carboxylic acids is 1. The number of methoxy groups -OCH3 is 3. The molecule has 0 amide bonds. The zero-order chi connectivity index (χ0) is 21.5. The number of esters is 1. The van der Waals surface area contributed by atoms with Crippen LogP contribution in [0.2, 0.25) is 0 Å². The van der Waals surface area contributed by atoms with Crippen molar-refractivity contribution < 1.29 is 19.0 Å². The molecule has 0 radical (unpaired) electrons. The highest BCUT2D eigenvalue weighted by Gasteiger charge is 2.12. The second-order valence-corrected chi connectivity index (χ2v) is 6.63. The number of aromatic nitrogens is 2. The van der Waals surface area contributed by atoms with Crippen LogP contribution in [0.4, 0.5) is 11.4 Å². The Hall–Kier alpha value is -3.59. The van der Waals surface area contributed by atoms with E-state index in [4.69, 9.17) is 26.4 Å². The van der Waals surface area contributed by atoms with Crippen molar-refractivity contribution in [1.82, 2.24) is 9.78 Å². The number of nitrogens with one attached hydrogen (secondary N) is 2. The lowest BCUT2D eigenvalue weighted by Gasteiger charge is -2.13. The topological polar surface area (TPSA) is 86.6 Å². The van der Waals surface area contributed by atoms with Crippen LogP contribution >= 0.6 is 12.2 Å². The lowest BCUT2D eigenvalue weighted by molar-refractivity contribution is 0.0599. The van der Waals surface area contributed by atoms with Crippen molar-refractivity contribution >= 4 is 34.7 Å². The minimum absolute atomic E-state index is 0.380. The van der Waals surface area contributed by atoms with Gasteiger partial charge in [0.2, 0.25) is 0 Å². The van der Waals surface area contributed by atoms with Crippen LogP contribution in [0.5, 0.6) is 11.5 Å². The molecular weight excluding hydrogens is 404 g/mol. The molecule has 1 heterocycles. The molecule has 0 saturated heterocycles. The summed E-state index contributed by atoms with van der Waals surface area (Å²) in [6.07, 6.45) is 3.45. The third kappa shape index (κ3) is 5.06. The molecule has 1 aromatic heterocycles. The Kier molecular flexibility index (Phi) is 6.87. The Morgan fingerprint density at radius 2 is 1.90 bits per heavy atom. The largest absolute Gasteiger partial charge is 0.497 e. The van der Waals surface area contributed by atoms with Gasteiger partial charge in [-0.1, -0.05) is 18.2 Å². The third-order valence-corrected chi connectivity index (χ3v) is 4.51. The fraction of sp³-hybridized carbons (Fsp3) is 0.190. The highest BCUT2D eigenvalue weighted by Crippen LogP contribution is 2.29. The molecule has 0 fully saturated rings. The van der Waals surface area contributed by atoms with Crippen LogP contribution in [0, 0.1) is 0 Å². The quantitative estimate of drug-likeness (QED) is 0.438. The molecule has 0 aliphatic rings. The van der Waals surface area contributed by atoms with Crippen molar-refractivity contribution in [3.8, 4) is 11.5 Å². The number of thiocarbonyl (C=S) groups is 1. The number of hydrogen-bond acceptors (Lipinski definition) is 6.